The van der Waals surface area contributed by atoms with Crippen LogP contribution in [-0.4, -0.2) is 23.8 Å². The van der Waals surface area contributed by atoms with E-state index in [1.165, 1.54) is 16.2 Å². The first-order valence-electron chi connectivity index (χ1n) is 8.68. The number of carbonyl (C=O) groups excluding carboxylic acids is 1. The number of nitrogens with zero attached hydrogens (tertiary/aromatic N) is 1. The summed E-state index contributed by atoms with van der Waals surface area (Å²) in [4.78, 5) is 18.2. The molecule has 0 saturated carbocycles. The Labute approximate surface area is 162 Å². The lowest BCUT2D eigenvalue weighted by atomic mass is 10.2. The van der Waals surface area contributed by atoms with E-state index in [2.05, 4.69) is 23.3 Å². The number of thiazole rings is 1. The number of nitrogens with one attached hydrogen (secondary N) is 1. The molecule has 136 valence electrons. The number of carbonyl (C=O) groups is 1. The second-order valence-electron chi connectivity index (χ2n) is 5.89. The van der Waals surface area contributed by atoms with E-state index in [0.29, 0.717) is 17.3 Å². The van der Waals surface area contributed by atoms with Crippen molar-refractivity contribution in [2.45, 2.75) is 31.1 Å². The van der Waals surface area contributed by atoms with Gasteiger partial charge in [0, 0.05) is 10.5 Å². The summed E-state index contributed by atoms with van der Waals surface area (Å²) in [7, 11) is 0. The fourth-order valence-electron chi connectivity index (χ4n) is 2.52. The van der Waals surface area contributed by atoms with Gasteiger partial charge in [-0.15, -0.1) is 11.8 Å². The molecule has 26 heavy (non-hydrogen) atoms. The van der Waals surface area contributed by atoms with Crippen LogP contribution in [0.3, 0.4) is 0 Å². The molecule has 0 spiro atoms. The first-order chi connectivity index (χ1) is 12.7. The number of unbranched alkanes of at least 4 members (excludes halogenated alkanes) is 2. The molecule has 0 saturated heterocycles. The molecule has 0 aliphatic carbocycles. The van der Waals surface area contributed by atoms with Crippen molar-refractivity contribution < 1.29 is 9.53 Å². The second-order valence-corrected chi connectivity index (χ2v) is 7.80. The van der Waals surface area contributed by atoms with E-state index in [-0.39, 0.29) is 5.91 Å². The Morgan fingerprint density at radius 3 is 2.92 bits per heavy atom. The van der Waals surface area contributed by atoms with Crippen molar-refractivity contribution in [3.8, 4) is 5.75 Å². The van der Waals surface area contributed by atoms with Crippen molar-refractivity contribution in [1.82, 2.24) is 4.98 Å². The predicted octanol–water partition coefficient (Wildman–Crippen LogP) is 5.84. The Morgan fingerprint density at radius 2 is 2.12 bits per heavy atom. The van der Waals surface area contributed by atoms with E-state index in [0.717, 1.165) is 35.2 Å². The van der Waals surface area contributed by atoms with E-state index >= 15 is 0 Å². The number of hydrogen-bond donors (Lipinski definition) is 1. The van der Waals surface area contributed by atoms with Gasteiger partial charge in [0.25, 0.3) is 5.91 Å². The Hall–Kier alpha value is -2.05. The Bertz CT molecular complexity index is 892. The molecule has 2 aromatic carbocycles. The van der Waals surface area contributed by atoms with E-state index in [1.54, 1.807) is 23.9 Å². The minimum Gasteiger partial charge on any atom is -0.494 e. The van der Waals surface area contributed by atoms with Crippen LogP contribution in [0.4, 0.5) is 5.13 Å². The zero-order chi connectivity index (χ0) is 18.4. The smallest absolute Gasteiger partial charge is 0.257 e. The average molecular weight is 387 g/mol. The molecular weight excluding hydrogens is 364 g/mol. The number of rotatable bonds is 8. The monoisotopic (exact) mass is 386 g/mol. The summed E-state index contributed by atoms with van der Waals surface area (Å²) in [5.74, 6) is 0.552. The van der Waals surface area contributed by atoms with Crippen LogP contribution in [0.2, 0.25) is 0 Å². The predicted molar refractivity (Wildman–Crippen MR) is 111 cm³/mol. The molecule has 0 fully saturated rings. The van der Waals surface area contributed by atoms with Gasteiger partial charge in [0.2, 0.25) is 0 Å². The van der Waals surface area contributed by atoms with Gasteiger partial charge in [-0.05, 0) is 49.1 Å². The zero-order valence-corrected chi connectivity index (χ0v) is 16.6. The summed E-state index contributed by atoms with van der Waals surface area (Å²) in [5, 5.41) is 3.50. The maximum absolute atomic E-state index is 12.5. The van der Waals surface area contributed by atoms with Crippen LogP contribution in [0.25, 0.3) is 10.2 Å². The molecule has 1 N–H and O–H groups in total. The van der Waals surface area contributed by atoms with Crippen molar-refractivity contribution in [2.75, 3.05) is 18.2 Å². The minimum absolute atomic E-state index is 0.173. The minimum atomic E-state index is -0.173. The number of thioether (sulfide) groups is 1. The third kappa shape index (κ3) is 4.77. The van der Waals surface area contributed by atoms with Gasteiger partial charge in [-0.1, -0.05) is 37.2 Å². The summed E-state index contributed by atoms with van der Waals surface area (Å²) in [6.45, 7) is 2.84. The molecule has 0 bridgehead atoms. The molecule has 0 radical (unpaired) electrons. The van der Waals surface area contributed by atoms with Gasteiger partial charge < -0.3 is 4.74 Å². The number of fused-ring (bicyclic) bond motifs is 1. The fourth-order valence-corrected chi connectivity index (χ4v) is 3.94. The highest BCUT2D eigenvalue weighted by molar-refractivity contribution is 7.98. The number of benzene rings is 2. The van der Waals surface area contributed by atoms with Crippen molar-refractivity contribution >= 4 is 44.4 Å². The molecule has 1 heterocycles. The largest absolute Gasteiger partial charge is 0.494 e. The number of aromatic nitrogens is 1. The number of anilines is 1. The third-order valence-electron chi connectivity index (χ3n) is 3.93. The number of ether oxygens (including phenoxy) is 1. The van der Waals surface area contributed by atoms with Crippen molar-refractivity contribution in [2.24, 2.45) is 0 Å². The van der Waals surface area contributed by atoms with Crippen molar-refractivity contribution in [3.63, 3.8) is 0 Å². The topological polar surface area (TPSA) is 51.2 Å². The van der Waals surface area contributed by atoms with Gasteiger partial charge in [-0.3, -0.25) is 10.1 Å². The van der Waals surface area contributed by atoms with Crippen LogP contribution in [0.5, 0.6) is 5.75 Å². The highest BCUT2D eigenvalue weighted by Gasteiger charge is 2.11. The Kier molecular flexibility index (Phi) is 6.52. The van der Waals surface area contributed by atoms with Gasteiger partial charge in [0.15, 0.2) is 5.13 Å². The molecule has 3 rings (SSSR count). The molecule has 1 amide bonds. The maximum Gasteiger partial charge on any atom is 0.257 e. The van der Waals surface area contributed by atoms with Gasteiger partial charge in [0.05, 0.1) is 16.8 Å². The van der Waals surface area contributed by atoms with Crippen molar-refractivity contribution in [3.05, 3.63) is 48.0 Å². The van der Waals surface area contributed by atoms with Crippen LogP contribution < -0.4 is 10.1 Å². The van der Waals surface area contributed by atoms with Crippen LogP contribution in [0.15, 0.2) is 47.4 Å². The molecule has 6 heteroatoms. The maximum atomic E-state index is 12.5. The normalized spacial score (nSPS) is 10.8. The first-order valence-corrected chi connectivity index (χ1v) is 10.7. The molecule has 0 unspecified atom stereocenters. The van der Waals surface area contributed by atoms with Crippen molar-refractivity contribution in [1.29, 1.82) is 0 Å². The third-order valence-corrected chi connectivity index (χ3v) is 5.59. The zero-order valence-electron chi connectivity index (χ0n) is 15.0. The van der Waals surface area contributed by atoms with Gasteiger partial charge >= 0.3 is 0 Å². The molecule has 3 aromatic rings. The van der Waals surface area contributed by atoms with Crippen LogP contribution in [-0.2, 0) is 0 Å². The Morgan fingerprint density at radius 1 is 1.23 bits per heavy atom. The summed E-state index contributed by atoms with van der Waals surface area (Å²) < 4.78 is 6.80. The molecule has 0 atom stereocenters. The quantitative estimate of drug-likeness (QED) is 0.390. The summed E-state index contributed by atoms with van der Waals surface area (Å²) in [6, 6.07) is 13.4. The lowest BCUT2D eigenvalue weighted by molar-refractivity contribution is 0.102. The summed E-state index contributed by atoms with van der Waals surface area (Å²) in [6.07, 6.45) is 5.38. The molecular formula is C20H22N2O2S2. The van der Waals surface area contributed by atoms with Crippen LogP contribution >= 0.6 is 23.1 Å². The lowest BCUT2D eigenvalue weighted by Crippen LogP contribution is -2.11. The number of hydrogen-bond acceptors (Lipinski definition) is 5. The summed E-state index contributed by atoms with van der Waals surface area (Å²) >= 11 is 3.18. The standard InChI is InChI=1S/C20H22N2O2S2/c1-3-4-5-11-24-15-8-6-7-14(12-15)19(23)22-20-21-17-10-9-16(25-2)13-18(17)26-20/h6-10,12-13H,3-5,11H2,1-2H3,(H,21,22,23). The highest BCUT2D eigenvalue weighted by Crippen LogP contribution is 2.29. The number of amides is 1. The lowest BCUT2D eigenvalue weighted by Gasteiger charge is -2.07. The van der Waals surface area contributed by atoms with Crippen LogP contribution in [0.1, 0.15) is 36.5 Å². The fraction of sp³-hybridized carbons (Fsp3) is 0.300. The average Bonchev–Trinajstić information content (AvgIpc) is 3.06. The first kappa shape index (κ1) is 18.7. The molecule has 0 aliphatic rings. The highest BCUT2D eigenvalue weighted by atomic mass is 32.2. The van der Waals surface area contributed by atoms with Gasteiger partial charge in [0.1, 0.15) is 5.75 Å². The SMILES string of the molecule is CCCCCOc1cccc(C(=O)Nc2nc3ccc(SC)cc3s2)c1. The van der Waals surface area contributed by atoms with Crippen LogP contribution in [0, 0.1) is 0 Å². The van der Waals surface area contributed by atoms with E-state index in [9.17, 15) is 4.79 Å². The molecule has 4 nitrogen and oxygen atoms in total. The van der Waals surface area contributed by atoms with Gasteiger partial charge in [-0.2, -0.15) is 0 Å². The molecule has 1 aromatic heterocycles. The Balaban J connectivity index is 1.67. The van der Waals surface area contributed by atoms with E-state index in [1.807, 2.05) is 30.5 Å². The van der Waals surface area contributed by atoms with E-state index in [4.69, 9.17) is 4.74 Å². The molecule has 0 aliphatic heterocycles. The van der Waals surface area contributed by atoms with Gasteiger partial charge in [-0.25, -0.2) is 4.98 Å². The second kappa shape index (κ2) is 9.05. The summed E-state index contributed by atoms with van der Waals surface area (Å²) in [5.41, 5.74) is 1.47. The van der Waals surface area contributed by atoms with E-state index < -0.39 is 0 Å².